The van der Waals surface area contributed by atoms with Crippen LogP contribution in [0.25, 0.3) is 16.6 Å². The Balaban J connectivity index is 1.50. The van der Waals surface area contributed by atoms with Gasteiger partial charge in [0.2, 0.25) is 0 Å². The molecular weight excluding hydrogens is 409 g/mol. The van der Waals surface area contributed by atoms with Crippen molar-refractivity contribution in [2.75, 3.05) is 23.3 Å². The van der Waals surface area contributed by atoms with E-state index in [1.807, 2.05) is 19.3 Å². The highest BCUT2D eigenvalue weighted by Crippen LogP contribution is 2.30. The van der Waals surface area contributed by atoms with Gasteiger partial charge in [0.15, 0.2) is 11.5 Å². The highest BCUT2D eigenvalue weighted by molar-refractivity contribution is 6.13. The molecule has 0 aliphatic carbocycles. The monoisotopic (exact) mass is 435 g/mol. The zero-order chi connectivity index (χ0) is 22.6. The molecule has 0 saturated carbocycles. The van der Waals surface area contributed by atoms with Gasteiger partial charge in [0.05, 0.1) is 16.9 Å². The summed E-state index contributed by atoms with van der Waals surface area (Å²) < 4.78 is 17.7. The molecule has 166 valence electrons. The van der Waals surface area contributed by atoms with Crippen molar-refractivity contribution in [3.8, 4) is 0 Å². The van der Waals surface area contributed by atoms with Crippen LogP contribution in [0.2, 0.25) is 0 Å². The van der Waals surface area contributed by atoms with Crippen molar-refractivity contribution < 1.29 is 9.18 Å². The van der Waals surface area contributed by atoms with Crippen LogP contribution in [-0.2, 0) is 7.05 Å². The lowest BCUT2D eigenvalue weighted by molar-refractivity contribution is 0.102. The lowest BCUT2D eigenvalue weighted by atomic mass is 10.1. The van der Waals surface area contributed by atoms with Crippen molar-refractivity contribution in [3.05, 3.63) is 53.9 Å². The second-order valence-electron chi connectivity index (χ2n) is 8.72. The molecule has 0 unspecified atom stereocenters. The van der Waals surface area contributed by atoms with Gasteiger partial charge in [-0.1, -0.05) is 0 Å². The van der Waals surface area contributed by atoms with Gasteiger partial charge in [0.1, 0.15) is 5.52 Å². The van der Waals surface area contributed by atoms with E-state index in [1.54, 1.807) is 34.5 Å². The van der Waals surface area contributed by atoms with E-state index in [0.717, 1.165) is 24.2 Å². The van der Waals surface area contributed by atoms with Crippen LogP contribution in [0, 0.1) is 12.7 Å². The Kier molecular flexibility index (Phi) is 4.85. The van der Waals surface area contributed by atoms with Gasteiger partial charge in [-0.3, -0.25) is 9.48 Å². The summed E-state index contributed by atoms with van der Waals surface area (Å²) in [6.07, 6.45) is 5.32. The fraction of sp³-hybridized carbons (Fsp3) is 0.348. The van der Waals surface area contributed by atoms with E-state index in [4.69, 9.17) is 0 Å². The summed E-state index contributed by atoms with van der Waals surface area (Å²) in [6.45, 7) is 7.89. The third kappa shape index (κ3) is 3.58. The number of piperazine rings is 1. The number of benzene rings is 1. The van der Waals surface area contributed by atoms with Gasteiger partial charge in [-0.25, -0.2) is 9.37 Å². The molecule has 9 heteroatoms. The molecule has 1 aliphatic heterocycles. The lowest BCUT2D eigenvalue weighted by Gasteiger charge is -2.38. The van der Waals surface area contributed by atoms with E-state index in [-0.39, 0.29) is 11.6 Å². The molecule has 32 heavy (non-hydrogen) atoms. The van der Waals surface area contributed by atoms with Gasteiger partial charge in [-0.2, -0.15) is 5.10 Å². The highest BCUT2D eigenvalue weighted by Gasteiger charge is 2.25. The maximum Gasteiger partial charge on any atom is 0.257 e. The summed E-state index contributed by atoms with van der Waals surface area (Å²) in [5.74, 6) is -0.825. The van der Waals surface area contributed by atoms with Gasteiger partial charge in [-0.05, 0) is 32.9 Å². The van der Waals surface area contributed by atoms with Gasteiger partial charge in [-0.15, -0.1) is 0 Å². The fourth-order valence-corrected chi connectivity index (χ4v) is 4.63. The summed E-state index contributed by atoms with van der Waals surface area (Å²) in [4.78, 5) is 19.6. The average Bonchev–Trinajstić information content (AvgIpc) is 3.28. The smallest absolute Gasteiger partial charge is 0.257 e. The van der Waals surface area contributed by atoms with Crippen LogP contribution < -0.4 is 15.5 Å². The Hall–Kier alpha value is -3.46. The van der Waals surface area contributed by atoms with Crippen LogP contribution in [0.1, 0.15) is 29.9 Å². The number of halogens is 1. The average molecular weight is 436 g/mol. The Bertz CT molecular complexity index is 1330. The van der Waals surface area contributed by atoms with Gasteiger partial charge in [0.25, 0.3) is 5.91 Å². The predicted octanol–water partition coefficient (Wildman–Crippen LogP) is 3.11. The van der Waals surface area contributed by atoms with E-state index in [0.29, 0.717) is 34.5 Å². The standard InChI is InChI=1S/C23H26FN7O/c1-13-8-30(9-14(2)25-13)20-6-5-17(21-18(20)12-29(4)28-21)23(32)27-16-7-19(24)22-26-15(3)10-31(22)11-16/h5-7,10-14,25H,8-9H2,1-4H3,(H,27,32)/t13-,14-/m0/s1. The molecular formula is C23H26FN7O. The predicted molar refractivity (Wildman–Crippen MR) is 123 cm³/mol. The third-order valence-corrected chi connectivity index (χ3v) is 5.80. The number of hydrogen-bond acceptors (Lipinski definition) is 5. The van der Waals surface area contributed by atoms with E-state index < -0.39 is 5.82 Å². The molecule has 2 N–H and O–H groups in total. The minimum absolute atomic E-state index is 0.233. The van der Waals surface area contributed by atoms with Crippen LogP contribution in [0.5, 0.6) is 0 Å². The number of nitrogens with zero attached hydrogens (tertiary/aromatic N) is 5. The van der Waals surface area contributed by atoms with Crippen LogP contribution >= 0.6 is 0 Å². The SMILES string of the molecule is Cc1cn2cc(NC(=O)c3ccc(N4C[C@H](C)N[C@@H](C)C4)c4cn(C)nc34)cc(F)c2n1. The van der Waals surface area contributed by atoms with Crippen molar-refractivity contribution in [2.45, 2.75) is 32.9 Å². The summed E-state index contributed by atoms with van der Waals surface area (Å²) >= 11 is 0. The van der Waals surface area contributed by atoms with E-state index in [9.17, 15) is 9.18 Å². The van der Waals surface area contributed by atoms with E-state index in [2.05, 4.69) is 39.5 Å². The fourth-order valence-electron chi connectivity index (χ4n) is 4.63. The number of carbonyl (C=O) groups is 1. The molecule has 0 bridgehead atoms. The molecule has 1 aliphatic rings. The van der Waals surface area contributed by atoms with Gasteiger partial charge >= 0.3 is 0 Å². The second kappa shape index (κ2) is 7.59. The van der Waals surface area contributed by atoms with Crippen LogP contribution in [0.4, 0.5) is 15.8 Å². The molecule has 1 saturated heterocycles. The van der Waals surface area contributed by atoms with Crippen molar-refractivity contribution in [3.63, 3.8) is 0 Å². The topological polar surface area (TPSA) is 79.5 Å². The number of imidazole rings is 1. The molecule has 0 radical (unpaired) electrons. The molecule has 1 fully saturated rings. The third-order valence-electron chi connectivity index (χ3n) is 5.80. The quantitative estimate of drug-likeness (QED) is 0.517. The maximum atomic E-state index is 14.4. The number of hydrogen-bond donors (Lipinski definition) is 2. The first-order chi connectivity index (χ1) is 15.3. The first-order valence-electron chi connectivity index (χ1n) is 10.7. The number of aromatic nitrogens is 4. The van der Waals surface area contributed by atoms with Crippen molar-refractivity contribution in [1.82, 2.24) is 24.5 Å². The summed E-state index contributed by atoms with van der Waals surface area (Å²) in [7, 11) is 1.85. The molecule has 0 spiro atoms. The largest absolute Gasteiger partial charge is 0.368 e. The molecule has 2 atom stereocenters. The minimum atomic E-state index is -0.490. The number of pyridine rings is 1. The zero-order valence-corrected chi connectivity index (χ0v) is 18.6. The normalized spacial score (nSPS) is 19.1. The van der Waals surface area contributed by atoms with E-state index in [1.165, 1.54) is 6.07 Å². The summed E-state index contributed by atoms with van der Waals surface area (Å²) in [6, 6.07) is 5.79. The molecule has 8 nitrogen and oxygen atoms in total. The molecule has 4 aromatic rings. The number of aryl methyl sites for hydroxylation is 2. The van der Waals surface area contributed by atoms with Gasteiger partial charge in [0, 0.05) is 68.0 Å². The number of rotatable bonds is 3. The van der Waals surface area contributed by atoms with Gasteiger partial charge < -0.3 is 19.9 Å². The Morgan fingerprint density at radius 1 is 1.19 bits per heavy atom. The molecule has 5 rings (SSSR count). The van der Waals surface area contributed by atoms with E-state index >= 15 is 0 Å². The molecule has 1 amide bonds. The number of nitrogens with one attached hydrogen (secondary N) is 2. The summed E-state index contributed by atoms with van der Waals surface area (Å²) in [5.41, 5.74) is 3.43. The first kappa shape index (κ1) is 20.4. The van der Waals surface area contributed by atoms with Crippen LogP contribution in [-0.4, -0.2) is 50.2 Å². The Labute approximate surface area is 185 Å². The maximum absolute atomic E-state index is 14.4. The molecule has 3 aromatic heterocycles. The Morgan fingerprint density at radius 3 is 2.69 bits per heavy atom. The number of carbonyl (C=O) groups excluding carboxylic acids is 1. The Morgan fingerprint density at radius 2 is 1.94 bits per heavy atom. The minimum Gasteiger partial charge on any atom is -0.368 e. The molecule has 1 aromatic carbocycles. The summed E-state index contributed by atoms with van der Waals surface area (Å²) in [5, 5.41) is 11.8. The zero-order valence-electron chi connectivity index (χ0n) is 18.6. The first-order valence-corrected chi connectivity index (χ1v) is 10.7. The number of fused-ring (bicyclic) bond motifs is 2. The lowest BCUT2D eigenvalue weighted by Crippen LogP contribution is -2.54. The second-order valence-corrected chi connectivity index (χ2v) is 8.72. The number of amides is 1. The van der Waals surface area contributed by atoms with Crippen molar-refractivity contribution in [1.29, 1.82) is 0 Å². The van der Waals surface area contributed by atoms with Crippen LogP contribution in [0.15, 0.2) is 36.8 Å². The molecule has 4 heterocycles. The number of anilines is 2. The van der Waals surface area contributed by atoms with Crippen molar-refractivity contribution in [2.24, 2.45) is 7.05 Å². The van der Waals surface area contributed by atoms with Crippen LogP contribution in [0.3, 0.4) is 0 Å². The van der Waals surface area contributed by atoms with Crippen molar-refractivity contribution >= 4 is 33.8 Å². The highest BCUT2D eigenvalue weighted by atomic mass is 19.1.